The summed E-state index contributed by atoms with van der Waals surface area (Å²) in [4.78, 5) is 4.45. The molecular weight excluding hydrogens is 214 g/mol. The molecule has 72 valence electrons. The molecule has 3 heteroatoms. The topological polar surface area (TPSA) is 12.9 Å². The van der Waals surface area contributed by atoms with E-state index in [1.807, 2.05) is 17.5 Å². The molecule has 0 aliphatic carbocycles. The predicted molar refractivity (Wildman–Crippen MR) is 61.8 cm³/mol. The minimum Gasteiger partial charge on any atom is -0.240 e. The maximum Gasteiger partial charge on any atom is 0.123 e. The van der Waals surface area contributed by atoms with Crippen LogP contribution in [-0.4, -0.2) is 4.98 Å². The average Bonchev–Trinajstić information content (AvgIpc) is 2.67. The quantitative estimate of drug-likeness (QED) is 0.705. The fraction of sp³-hybridized carbons (Fsp3) is 0.182. The van der Waals surface area contributed by atoms with E-state index >= 15 is 0 Å². The van der Waals surface area contributed by atoms with Crippen LogP contribution in [0.1, 0.15) is 11.3 Å². The Morgan fingerprint density at radius 1 is 1.36 bits per heavy atom. The van der Waals surface area contributed by atoms with Crippen molar-refractivity contribution >= 4 is 22.9 Å². The highest BCUT2D eigenvalue weighted by Crippen LogP contribution is 2.26. The zero-order valence-electron chi connectivity index (χ0n) is 7.83. The van der Waals surface area contributed by atoms with Gasteiger partial charge in [-0.25, -0.2) is 4.98 Å². The van der Waals surface area contributed by atoms with Crippen LogP contribution in [0.4, 0.5) is 0 Å². The highest BCUT2D eigenvalue weighted by molar-refractivity contribution is 7.13. The number of halogens is 1. The van der Waals surface area contributed by atoms with Crippen LogP contribution in [0.25, 0.3) is 10.6 Å². The van der Waals surface area contributed by atoms with E-state index in [1.54, 1.807) is 11.3 Å². The fourth-order valence-corrected chi connectivity index (χ4v) is 2.44. The summed E-state index contributed by atoms with van der Waals surface area (Å²) in [6.07, 6.45) is 0. The second-order valence-electron chi connectivity index (χ2n) is 3.09. The van der Waals surface area contributed by atoms with E-state index in [9.17, 15) is 0 Å². The largest absolute Gasteiger partial charge is 0.240 e. The molecule has 1 aromatic heterocycles. The molecule has 0 saturated carbocycles. The van der Waals surface area contributed by atoms with Gasteiger partial charge in [-0.05, 0) is 12.5 Å². The van der Waals surface area contributed by atoms with Crippen LogP contribution in [-0.2, 0) is 5.88 Å². The van der Waals surface area contributed by atoms with E-state index in [2.05, 4.69) is 24.0 Å². The van der Waals surface area contributed by atoms with Crippen LogP contribution >= 0.6 is 22.9 Å². The summed E-state index contributed by atoms with van der Waals surface area (Å²) in [6.45, 7) is 2.09. The number of alkyl halides is 1. The van der Waals surface area contributed by atoms with Crippen molar-refractivity contribution in [3.05, 3.63) is 40.9 Å². The number of aromatic nitrogens is 1. The van der Waals surface area contributed by atoms with Crippen LogP contribution in [0.3, 0.4) is 0 Å². The fourth-order valence-electron chi connectivity index (χ4n) is 1.30. The lowest BCUT2D eigenvalue weighted by molar-refractivity contribution is 1.23. The summed E-state index contributed by atoms with van der Waals surface area (Å²) >= 11 is 7.36. The van der Waals surface area contributed by atoms with E-state index in [4.69, 9.17) is 11.6 Å². The molecule has 0 unspecified atom stereocenters. The number of nitrogens with zero attached hydrogens (tertiary/aromatic N) is 1. The maximum atomic E-state index is 5.71. The first kappa shape index (κ1) is 9.69. The molecule has 0 spiro atoms. The van der Waals surface area contributed by atoms with Crippen molar-refractivity contribution in [2.24, 2.45) is 0 Å². The van der Waals surface area contributed by atoms with Gasteiger partial charge in [0.25, 0.3) is 0 Å². The van der Waals surface area contributed by atoms with E-state index in [-0.39, 0.29) is 0 Å². The first-order valence-corrected chi connectivity index (χ1v) is 5.79. The molecule has 1 heterocycles. The first-order chi connectivity index (χ1) is 6.81. The summed E-state index contributed by atoms with van der Waals surface area (Å²) in [5, 5.41) is 3.06. The summed E-state index contributed by atoms with van der Waals surface area (Å²) in [7, 11) is 0. The monoisotopic (exact) mass is 223 g/mol. The van der Waals surface area contributed by atoms with Gasteiger partial charge in [-0.3, -0.25) is 0 Å². The third kappa shape index (κ3) is 1.81. The second kappa shape index (κ2) is 4.11. The average molecular weight is 224 g/mol. The molecule has 0 atom stereocenters. The molecule has 0 fully saturated rings. The Bertz CT molecular complexity index is 436. The third-order valence-electron chi connectivity index (χ3n) is 2.06. The lowest BCUT2D eigenvalue weighted by Gasteiger charge is -1.99. The summed E-state index contributed by atoms with van der Waals surface area (Å²) in [5.74, 6) is 0.488. The molecule has 0 saturated heterocycles. The smallest absolute Gasteiger partial charge is 0.123 e. The van der Waals surface area contributed by atoms with Gasteiger partial charge in [0.15, 0.2) is 0 Å². The number of benzene rings is 1. The van der Waals surface area contributed by atoms with Crippen molar-refractivity contribution < 1.29 is 0 Å². The summed E-state index contributed by atoms with van der Waals surface area (Å²) in [5.41, 5.74) is 3.41. The number of aryl methyl sites for hydroxylation is 1. The van der Waals surface area contributed by atoms with E-state index in [1.165, 1.54) is 11.1 Å². The molecule has 0 aliphatic rings. The molecule has 0 radical (unpaired) electrons. The van der Waals surface area contributed by atoms with Crippen molar-refractivity contribution in [3.63, 3.8) is 0 Å². The molecule has 0 amide bonds. The van der Waals surface area contributed by atoms with Gasteiger partial charge in [0.2, 0.25) is 0 Å². The zero-order valence-corrected chi connectivity index (χ0v) is 9.40. The van der Waals surface area contributed by atoms with Crippen LogP contribution in [0.5, 0.6) is 0 Å². The maximum absolute atomic E-state index is 5.71. The van der Waals surface area contributed by atoms with Crippen LogP contribution in [0.2, 0.25) is 0 Å². The van der Waals surface area contributed by atoms with Crippen molar-refractivity contribution in [1.29, 1.82) is 0 Å². The minimum absolute atomic E-state index is 0.488. The standard InChI is InChI=1S/C11H10ClNS/c1-8-4-2-3-5-10(8)11-13-9(6-12)7-14-11/h2-5,7H,6H2,1H3. The van der Waals surface area contributed by atoms with Gasteiger partial charge in [-0.1, -0.05) is 24.3 Å². The molecule has 1 aromatic carbocycles. The number of thiazole rings is 1. The second-order valence-corrected chi connectivity index (χ2v) is 4.22. The third-order valence-corrected chi connectivity index (χ3v) is 3.26. The predicted octanol–water partition coefficient (Wildman–Crippen LogP) is 3.86. The highest BCUT2D eigenvalue weighted by Gasteiger charge is 2.05. The van der Waals surface area contributed by atoms with Crippen molar-refractivity contribution in [2.45, 2.75) is 12.8 Å². The van der Waals surface area contributed by atoms with Gasteiger partial charge in [-0.2, -0.15) is 0 Å². The Hall–Kier alpha value is -0.860. The van der Waals surface area contributed by atoms with Gasteiger partial charge in [-0.15, -0.1) is 22.9 Å². The van der Waals surface area contributed by atoms with Gasteiger partial charge in [0.1, 0.15) is 5.01 Å². The molecule has 2 aromatic rings. The van der Waals surface area contributed by atoms with Crippen molar-refractivity contribution in [1.82, 2.24) is 4.98 Å². The van der Waals surface area contributed by atoms with Gasteiger partial charge in [0, 0.05) is 10.9 Å². The molecule has 0 N–H and O–H groups in total. The lowest BCUT2D eigenvalue weighted by Crippen LogP contribution is -1.82. The Morgan fingerprint density at radius 2 is 2.14 bits per heavy atom. The Morgan fingerprint density at radius 3 is 2.79 bits per heavy atom. The van der Waals surface area contributed by atoms with Crippen molar-refractivity contribution in [3.8, 4) is 10.6 Å². The van der Waals surface area contributed by atoms with Gasteiger partial charge >= 0.3 is 0 Å². The minimum atomic E-state index is 0.488. The SMILES string of the molecule is Cc1ccccc1-c1nc(CCl)cs1. The number of rotatable bonds is 2. The molecule has 2 rings (SSSR count). The zero-order chi connectivity index (χ0) is 9.97. The molecule has 0 bridgehead atoms. The van der Waals surface area contributed by atoms with Crippen molar-refractivity contribution in [2.75, 3.05) is 0 Å². The normalized spacial score (nSPS) is 10.4. The van der Waals surface area contributed by atoms with Crippen LogP contribution in [0, 0.1) is 6.92 Å². The molecule has 0 aliphatic heterocycles. The van der Waals surface area contributed by atoms with Gasteiger partial charge in [0.05, 0.1) is 11.6 Å². The van der Waals surface area contributed by atoms with E-state index in [0.717, 1.165) is 10.7 Å². The molecular formula is C11H10ClNS. The highest BCUT2D eigenvalue weighted by atomic mass is 35.5. The van der Waals surface area contributed by atoms with Gasteiger partial charge < -0.3 is 0 Å². The Labute approximate surface area is 92.4 Å². The molecule has 1 nitrogen and oxygen atoms in total. The number of hydrogen-bond acceptors (Lipinski definition) is 2. The summed E-state index contributed by atoms with van der Waals surface area (Å²) < 4.78 is 0. The Kier molecular flexibility index (Phi) is 2.85. The molecule has 14 heavy (non-hydrogen) atoms. The Balaban J connectivity index is 2.44. The number of hydrogen-bond donors (Lipinski definition) is 0. The van der Waals surface area contributed by atoms with E-state index in [0.29, 0.717) is 5.88 Å². The van der Waals surface area contributed by atoms with Crippen LogP contribution in [0.15, 0.2) is 29.6 Å². The summed E-state index contributed by atoms with van der Waals surface area (Å²) in [6, 6.07) is 8.25. The first-order valence-electron chi connectivity index (χ1n) is 4.37. The lowest BCUT2D eigenvalue weighted by atomic mass is 10.1. The van der Waals surface area contributed by atoms with E-state index < -0.39 is 0 Å². The van der Waals surface area contributed by atoms with Crippen LogP contribution < -0.4 is 0 Å².